The fourth-order valence-corrected chi connectivity index (χ4v) is 3.22. The van der Waals surface area contributed by atoms with Crippen LogP contribution in [0.1, 0.15) is 27.2 Å². The lowest BCUT2D eigenvalue weighted by Gasteiger charge is -2.09. The van der Waals surface area contributed by atoms with Crippen LogP contribution in [0.2, 0.25) is 0 Å². The Morgan fingerprint density at radius 1 is 1.27 bits per heavy atom. The molecule has 5 nitrogen and oxygen atoms in total. The van der Waals surface area contributed by atoms with E-state index in [0.717, 1.165) is 28.0 Å². The van der Waals surface area contributed by atoms with E-state index < -0.39 is 0 Å². The van der Waals surface area contributed by atoms with Crippen molar-refractivity contribution in [3.63, 3.8) is 0 Å². The van der Waals surface area contributed by atoms with Gasteiger partial charge in [0.15, 0.2) is 16.3 Å². The van der Waals surface area contributed by atoms with Crippen LogP contribution in [0, 0.1) is 5.92 Å². The predicted molar refractivity (Wildman–Crippen MR) is 88.6 cm³/mol. The summed E-state index contributed by atoms with van der Waals surface area (Å²) in [7, 11) is 3.23. The summed E-state index contributed by atoms with van der Waals surface area (Å²) in [6.45, 7) is 6.62. The lowest BCUT2D eigenvalue weighted by atomic mass is 10.2. The summed E-state index contributed by atoms with van der Waals surface area (Å²) in [5.74, 6) is 1.15. The Labute approximate surface area is 134 Å². The minimum Gasteiger partial charge on any atom is -0.493 e. The van der Waals surface area contributed by atoms with E-state index >= 15 is 0 Å². The third kappa shape index (κ3) is 3.16. The van der Waals surface area contributed by atoms with Crippen LogP contribution in [0.15, 0.2) is 17.1 Å². The van der Waals surface area contributed by atoms with Crippen molar-refractivity contribution in [3.05, 3.63) is 16.9 Å². The number of ether oxygens (including phenoxy) is 2. The van der Waals surface area contributed by atoms with Crippen LogP contribution in [0.3, 0.4) is 0 Å². The number of carbonyl (C=O) groups is 1. The summed E-state index contributed by atoms with van der Waals surface area (Å²) in [6, 6.07) is 3.88. The summed E-state index contributed by atoms with van der Waals surface area (Å²) in [4.78, 5) is 17.0. The number of fused-ring (bicyclic) bond motifs is 1. The molecule has 2 aromatic rings. The zero-order chi connectivity index (χ0) is 16.3. The number of aryl methyl sites for hydroxylation is 1. The molecule has 0 aliphatic carbocycles. The first-order valence-electron chi connectivity index (χ1n) is 7.35. The first-order chi connectivity index (χ1) is 10.5. The zero-order valence-corrected chi connectivity index (χ0v) is 14.5. The molecule has 1 aromatic heterocycles. The first-order valence-corrected chi connectivity index (χ1v) is 8.17. The first kappa shape index (κ1) is 16.5. The molecule has 0 spiro atoms. The maximum atomic E-state index is 12.0. The molecule has 0 aliphatic heterocycles. The van der Waals surface area contributed by atoms with E-state index in [1.165, 1.54) is 11.3 Å². The van der Waals surface area contributed by atoms with Gasteiger partial charge in [-0.1, -0.05) is 32.1 Å². The van der Waals surface area contributed by atoms with Crippen molar-refractivity contribution in [2.75, 3.05) is 14.2 Å². The fourth-order valence-electron chi connectivity index (χ4n) is 2.15. The molecule has 0 unspecified atom stereocenters. The Balaban J connectivity index is 2.72. The highest BCUT2D eigenvalue weighted by molar-refractivity contribution is 7.16. The molecular weight excluding hydrogens is 300 g/mol. The van der Waals surface area contributed by atoms with Crippen LogP contribution in [0.5, 0.6) is 11.5 Å². The van der Waals surface area contributed by atoms with Gasteiger partial charge in [-0.15, -0.1) is 0 Å². The number of aromatic nitrogens is 1. The summed E-state index contributed by atoms with van der Waals surface area (Å²) in [5, 5.41) is 0. The Morgan fingerprint density at radius 2 is 1.91 bits per heavy atom. The van der Waals surface area contributed by atoms with Crippen molar-refractivity contribution < 1.29 is 14.3 Å². The average Bonchev–Trinajstić information content (AvgIpc) is 2.82. The predicted octanol–water partition coefficient (Wildman–Crippen LogP) is 3.21. The number of hydrogen-bond acceptors (Lipinski definition) is 4. The van der Waals surface area contributed by atoms with Crippen molar-refractivity contribution >= 4 is 27.5 Å². The molecule has 120 valence electrons. The lowest BCUT2D eigenvalue weighted by Crippen LogP contribution is -2.18. The van der Waals surface area contributed by atoms with E-state index in [1.54, 1.807) is 14.2 Å². The van der Waals surface area contributed by atoms with Gasteiger partial charge in [0.2, 0.25) is 0 Å². The number of methoxy groups -OCH3 is 2. The van der Waals surface area contributed by atoms with E-state index in [2.05, 4.69) is 16.5 Å². The van der Waals surface area contributed by atoms with Crippen LogP contribution in [-0.2, 0) is 11.3 Å². The molecule has 0 atom stereocenters. The molecule has 22 heavy (non-hydrogen) atoms. The van der Waals surface area contributed by atoms with Crippen molar-refractivity contribution in [2.24, 2.45) is 10.9 Å². The molecule has 0 fully saturated rings. The minimum absolute atomic E-state index is 0.102. The zero-order valence-electron chi connectivity index (χ0n) is 13.7. The number of rotatable bonds is 5. The molecule has 2 rings (SSSR count). The van der Waals surface area contributed by atoms with Crippen molar-refractivity contribution in [3.8, 4) is 11.5 Å². The SMILES string of the molecule is CCCn1c(=NC(=O)C(C)C)sc2cc(OC)c(OC)cc21. The normalized spacial score (nSPS) is 12.2. The van der Waals surface area contributed by atoms with Gasteiger partial charge in [0.1, 0.15) is 0 Å². The number of thiazole rings is 1. The molecular formula is C16H22N2O3S. The van der Waals surface area contributed by atoms with E-state index in [0.29, 0.717) is 11.5 Å². The van der Waals surface area contributed by atoms with E-state index in [-0.39, 0.29) is 11.8 Å². The second-order valence-corrected chi connectivity index (χ2v) is 6.33. The highest BCUT2D eigenvalue weighted by Crippen LogP contribution is 2.33. The maximum absolute atomic E-state index is 12.0. The molecule has 0 saturated carbocycles. The highest BCUT2D eigenvalue weighted by Gasteiger charge is 2.13. The van der Waals surface area contributed by atoms with E-state index in [9.17, 15) is 4.79 Å². The second-order valence-electron chi connectivity index (χ2n) is 5.32. The summed E-state index contributed by atoms with van der Waals surface area (Å²) in [6.07, 6.45) is 0.962. The van der Waals surface area contributed by atoms with Gasteiger partial charge in [-0.05, 0) is 6.42 Å². The van der Waals surface area contributed by atoms with Gasteiger partial charge in [0.25, 0.3) is 5.91 Å². The third-order valence-electron chi connectivity index (χ3n) is 3.34. The molecule has 1 heterocycles. The molecule has 6 heteroatoms. The number of hydrogen-bond donors (Lipinski definition) is 0. The largest absolute Gasteiger partial charge is 0.493 e. The fraction of sp³-hybridized carbons (Fsp3) is 0.500. The quantitative estimate of drug-likeness (QED) is 0.849. The molecule has 0 bridgehead atoms. The third-order valence-corrected chi connectivity index (χ3v) is 4.38. The monoisotopic (exact) mass is 322 g/mol. The molecule has 1 amide bonds. The lowest BCUT2D eigenvalue weighted by molar-refractivity contribution is -0.120. The summed E-state index contributed by atoms with van der Waals surface area (Å²) in [5.41, 5.74) is 1.01. The number of benzene rings is 1. The topological polar surface area (TPSA) is 52.8 Å². The number of carbonyl (C=O) groups excluding carboxylic acids is 1. The Hall–Kier alpha value is -1.82. The van der Waals surface area contributed by atoms with Gasteiger partial charge in [-0.3, -0.25) is 4.79 Å². The molecule has 0 saturated heterocycles. The number of amides is 1. The maximum Gasteiger partial charge on any atom is 0.250 e. The second kappa shape index (κ2) is 6.96. The number of nitrogens with zero attached hydrogens (tertiary/aromatic N) is 2. The summed E-state index contributed by atoms with van der Waals surface area (Å²) >= 11 is 1.50. The van der Waals surface area contributed by atoms with Crippen molar-refractivity contribution in [2.45, 2.75) is 33.7 Å². The van der Waals surface area contributed by atoms with Gasteiger partial charge in [0, 0.05) is 24.6 Å². The van der Waals surface area contributed by atoms with Crippen LogP contribution >= 0.6 is 11.3 Å². The Bertz CT molecular complexity index is 744. The van der Waals surface area contributed by atoms with Crippen molar-refractivity contribution in [1.29, 1.82) is 0 Å². The van der Waals surface area contributed by atoms with Crippen LogP contribution in [0.4, 0.5) is 0 Å². The van der Waals surface area contributed by atoms with Gasteiger partial charge in [0.05, 0.1) is 24.4 Å². The Morgan fingerprint density at radius 3 is 2.45 bits per heavy atom. The summed E-state index contributed by atoms with van der Waals surface area (Å²) < 4.78 is 13.8. The molecule has 1 aromatic carbocycles. The van der Waals surface area contributed by atoms with Gasteiger partial charge in [-0.25, -0.2) is 0 Å². The van der Waals surface area contributed by atoms with E-state index in [1.807, 2.05) is 26.0 Å². The van der Waals surface area contributed by atoms with Gasteiger partial charge >= 0.3 is 0 Å². The molecule has 0 radical (unpaired) electrons. The highest BCUT2D eigenvalue weighted by atomic mass is 32.1. The van der Waals surface area contributed by atoms with Gasteiger partial charge < -0.3 is 14.0 Å². The average molecular weight is 322 g/mol. The van der Waals surface area contributed by atoms with Crippen LogP contribution < -0.4 is 14.3 Å². The standard InChI is InChI=1S/C16H22N2O3S/c1-6-7-18-11-8-12(20-4)13(21-5)9-14(11)22-16(18)17-15(19)10(2)3/h8-10H,6-7H2,1-5H3. The molecule has 0 N–H and O–H groups in total. The smallest absolute Gasteiger partial charge is 0.250 e. The molecule has 0 aliphatic rings. The van der Waals surface area contributed by atoms with Crippen molar-refractivity contribution in [1.82, 2.24) is 4.57 Å². The van der Waals surface area contributed by atoms with Crippen LogP contribution in [-0.4, -0.2) is 24.7 Å². The Kier molecular flexibility index (Phi) is 5.24. The van der Waals surface area contributed by atoms with Gasteiger partial charge in [-0.2, -0.15) is 4.99 Å². The van der Waals surface area contributed by atoms with E-state index in [4.69, 9.17) is 9.47 Å². The minimum atomic E-state index is -0.107. The van der Waals surface area contributed by atoms with Crippen LogP contribution in [0.25, 0.3) is 10.2 Å².